The molecule has 1 radical (unpaired) electrons. The number of sulfone groups is 3. The van der Waals surface area contributed by atoms with Gasteiger partial charge in [-0.25, -0.2) is 44.4 Å². The number of aliphatic hydroxyl groups excluding tert-OH is 3. The number of morpholine rings is 3. The van der Waals surface area contributed by atoms with Crippen molar-refractivity contribution in [3.8, 4) is 17.1 Å². The van der Waals surface area contributed by atoms with Crippen LogP contribution in [-0.2, 0) is 82.0 Å². The zero-order valence-electron chi connectivity index (χ0n) is 50.1. The number of carboxylic acid groups (broad SMARTS) is 1. The first-order chi connectivity index (χ1) is 41.7. The fraction of sp³-hybridized carbons (Fsp3) is 0.429. The number of carboxylic acids is 1. The quantitative estimate of drug-likeness (QED) is 0.0419. The lowest BCUT2D eigenvalue weighted by molar-refractivity contribution is -0.178. The van der Waals surface area contributed by atoms with E-state index in [-0.39, 0.29) is 55.0 Å². The van der Waals surface area contributed by atoms with E-state index in [0.29, 0.717) is 42.9 Å². The number of rotatable bonds is 14. The first-order valence-electron chi connectivity index (χ1n) is 26.6. The average Bonchev–Trinajstić information content (AvgIpc) is 1.69. The van der Waals surface area contributed by atoms with Crippen LogP contribution in [0.15, 0.2) is 121 Å². The van der Waals surface area contributed by atoms with Crippen molar-refractivity contribution >= 4 is 89.9 Å². The Labute approximate surface area is 525 Å². The largest absolute Gasteiger partial charge is 0.569 e. The van der Waals surface area contributed by atoms with E-state index in [1.54, 1.807) is 65.8 Å². The van der Waals surface area contributed by atoms with Crippen molar-refractivity contribution in [2.24, 2.45) is 0 Å². The summed E-state index contributed by atoms with van der Waals surface area (Å²) < 4.78 is 102. The van der Waals surface area contributed by atoms with Crippen molar-refractivity contribution in [1.29, 1.82) is 0 Å². The van der Waals surface area contributed by atoms with Gasteiger partial charge in [-0.05, 0) is 139 Å². The standard InChI is InChI=1S/C17H23NO7S.C13H15NO7S.C10H17NO5.C8H7N3O2.C7H8BO4S.CH4/c1-17(2,3)25-16(21)13(19)14-15(20)18(9-10-24-14)11-5-7-12(8-6-11)26(4,22)23;1-22(19,20)9-4-2-8(3-5-9)14-6-7-21-11(12(14)16)10(15)13(17)18;1-10(2,3)16-9(14)6(12)7-8(13)11-4-5-15-7;9-6-3-1-5(2-4-6)7-10-8(12)13-11-7;1-13(10,11)7-4-2-6(3-5-7)12-8-9;/h5-8,13-14,19H,9-10H2,1-4H3;2-5,10-11,15H,6-7H2,1H3,(H,17,18);6-7,12H,4-5H2,1-3H3,(H,11,13);1-4H,9H2,(H,10,11,12);2-5,9H,1H3;1H4/t13-,14-;10-,11-;6-,7-;;;/m111.../s1. The number of nitrogens with zero attached hydrogens (tertiary/aromatic N) is 3. The van der Waals surface area contributed by atoms with Crippen LogP contribution in [0.2, 0.25) is 0 Å². The smallest absolute Gasteiger partial charge is 0.537 e. The van der Waals surface area contributed by atoms with Gasteiger partial charge in [-0.1, -0.05) is 12.6 Å². The van der Waals surface area contributed by atoms with Gasteiger partial charge < -0.3 is 74.6 Å². The summed E-state index contributed by atoms with van der Waals surface area (Å²) in [6.07, 6.45) is -6.04. The average molecular weight is 1340 g/mol. The van der Waals surface area contributed by atoms with Crippen LogP contribution in [0.4, 0.5) is 17.1 Å². The molecule has 3 aliphatic heterocycles. The zero-order valence-corrected chi connectivity index (χ0v) is 52.5. The van der Waals surface area contributed by atoms with E-state index in [1.807, 2.05) is 0 Å². The lowest BCUT2D eigenvalue weighted by Crippen LogP contribution is -2.55. The molecule has 0 unspecified atom stereocenters. The van der Waals surface area contributed by atoms with Crippen LogP contribution >= 0.6 is 0 Å². The number of nitrogens with two attached hydrogens (primary N) is 1. The van der Waals surface area contributed by atoms with Crippen molar-refractivity contribution < 1.29 is 112 Å². The van der Waals surface area contributed by atoms with Gasteiger partial charge in [0.1, 0.15) is 17.0 Å². The molecule has 1 aromatic heterocycles. The summed E-state index contributed by atoms with van der Waals surface area (Å²) in [5.74, 6) is -4.89. The molecule has 4 heterocycles. The number of aromatic nitrogens is 2. The first kappa shape index (κ1) is 77.1. The molecule has 9 N–H and O–H groups in total. The summed E-state index contributed by atoms with van der Waals surface area (Å²) in [7, 11) is -9.32. The fourth-order valence-corrected chi connectivity index (χ4v) is 9.51. The number of carbonyl (C=O) groups is 6. The number of aliphatic hydroxyl groups is 3. The third-order valence-electron chi connectivity index (χ3n) is 11.8. The van der Waals surface area contributed by atoms with E-state index in [0.717, 1.165) is 24.3 Å². The molecule has 499 valence electrons. The number of ether oxygens (including phenoxy) is 5. The molecular formula is C56H74BN6O25S3. The minimum atomic E-state index is -3.35. The number of hydrogen-bond acceptors (Lipinski definition) is 26. The summed E-state index contributed by atoms with van der Waals surface area (Å²) >= 11 is 0. The van der Waals surface area contributed by atoms with Gasteiger partial charge >= 0.3 is 31.3 Å². The van der Waals surface area contributed by atoms with E-state index in [1.165, 1.54) is 82.6 Å². The number of carbonyl (C=O) groups excluding carboxylic acids is 5. The Morgan fingerprint density at radius 2 is 1.00 bits per heavy atom. The van der Waals surface area contributed by atoms with Gasteiger partial charge in [-0.3, -0.25) is 23.9 Å². The fourth-order valence-electron chi connectivity index (χ4n) is 7.62. The maximum absolute atomic E-state index is 12.6. The monoisotopic (exact) mass is 1340 g/mol. The van der Waals surface area contributed by atoms with Gasteiger partial charge in [-0.2, -0.15) is 0 Å². The van der Waals surface area contributed by atoms with Crippen LogP contribution in [0.5, 0.6) is 5.75 Å². The lowest BCUT2D eigenvalue weighted by atomic mass is 10.1. The second kappa shape index (κ2) is 33.3. The number of hydrogen-bond donors (Lipinski definition) is 8. The Morgan fingerprint density at radius 3 is 1.35 bits per heavy atom. The highest BCUT2D eigenvalue weighted by molar-refractivity contribution is 7.91. The molecule has 91 heavy (non-hydrogen) atoms. The van der Waals surface area contributed by atoms with Gasteiger partial charge in [0.05, 0.1) is 34.5 Å². The summed E-state index contributed by atoms with van der Waals surface area (Å²) in [5, 5.41) is 52.3. The molecular weight excluding hydrogens is 1260 g/mol. The predicted octanol–water partition coefficient (Wildman–Crippen LogP) is 0.240. The summed E-state index contributed by atoms with van der Waals surface area (Å²) in [6.45, 7) is 11.2. The molecule has 35 heteroatoms. The van der Waals surface area contributed by atoms with E-state index in [2.05, 4.69) is 24.6 Å². The van der Waals surface area contributed by atoms with Crippen LogP contribution in [0.1, 0.15) is 49.0 Å². The number of anilines is 3. The Balaban J connectivity index is 0.000000304. The normalized spacial score (nSPS) is 17.9. The molecule has 0 bridgehead atoms. The number of aromatic amines is 1. The lowest BCUT2D eigenvalue weighted by Gasteiger charge is -2.34. The number of esters is 2. The third kappa shape index (κ3) is 24.2. The molecule has 31 nitrogen and oxygen atoms in total. The van der Waals surface area contributed by atoms with Crippen LogP contribution < -0.4 is 31.3 Å². The molecule has 3 saturated heterocycles. The van der Waals surface area contributed by atoms with E-state index >= 15 is 0 Å². The minimum absolute atomic E-state index is 0. The van der Waals surface area contributed by atoms with Crippen molar-refractivity contribution in [3.63, 3.8) is 0 Å². The van der Waals surface area contributed by atoms with Gasteiger partial charge in [0.15, 0.2) is 72.0 Å². The molecule has 8 rings (SSSR count). The molecule has 3 aliphatic rings. The van der Waals surface area contributed by atoms with Gasteiger partial charge in [0.2, 0.25) is 0 Å². The second-order valence-electron chi connectivity index (χ2n) is 21.4. The number of aliphatic carboxylic acids is 1. The van der Waals surface area contributed by atoms with Crippen molar-refractivity contribution in [2.75, 3.05) is 73.8 Å². The third-order valence-corrected chi connectivity index (χ3v) is 15.2. The maximum atomic E-state index is 12.6. The van der Waals surface area contributed by atoms with Gasteiger partial charge in [-0.15, -0.1) is 0 Å². The Kier molecular flexibility index (Phi) is 28.2. The SMILES string of the molecule is C.CC(C)(C)OC(=O)[C@H](O)[C@H]1OCCN(c2ccc(S(C)(=O)=O)cc2)C1=O.CC(C)(C)OC(=O)[C@H](O)[C@H]1OCCNC1=O.CS(=O)(=O)c1ccc(N2CCO[C@H]([C@@H](O)C(=O)O)C2=O)cc1.CS(=O)(=O)c1ccc(O[B]O)cc1.Nc1ccc(-c2noc(=O)[nH]2)cc1. The number of amides is 3. The summed E-state index contributed by atoms with van der Waals surface area (Å²) in [5.41, 5.74) is 6.26. The topological polar surface area (TPSA) is 465 Å². The molecule has 6 atom stereocenters. The first-order valence-corrected chi connectivity index (χ1v) is 32.3. The summed E-state index contributed by atoms with van der Waals surface area (Å²) in [6, 6.07) is 24.1. The van der Waals surface area contributed by atoms with Crippen LogP contribution in [0, 0.1) is 0 Å². The van der Waals surface area contributed by atoms with Crippen molar-refractivity contribution in [3.05, 3.63) is 108 Å². The molecule has 3 fully saturated rings. The predicted molar refractivity (Wildman–Crippen MR) is 325 cm³/mol. The molecule has 3 amide bonds. The molecule has 0 spiro atoms. The molecule has 0 aliphatic carbocycles. The van der Waals surface area contributed by atoms with E-state index in [9.17, 15) is 74.1 Å². The maximum Gasteiger partial charge on any atom is 0.569 e. The molecule has 0 saturated carbocycles. The molecule has 4 aromatic carbocycles. The number of nitrogens with one attached hydrogen (secondary N) is 2. The number of benzene rings is 4. The van der Waals surface area contributed by atoms with Crippen LogP contribution in [0.25, 0.3) is 11.4 Å². The molecule has 5 aromatic rings. The number of H-pyrrole nitrogens is 1. The summed E-state index contributed by atoms with van der Waals surface area (Å²) in [4.78, 5) is 86.5. The van der Waals surface area contributed by atoms with Gasteiger partial charge in [0, 0.05) is 61.0 Å². The zero-order chi connectivity index (χ0) is 67.7. The highest BCUT2D eigenvalue weighted by Crippen LogP contribution is 2.26. The highest BCUT2D eigenvalue weighted by Gasteiger charge is 2.42. The van der Waals surface area contributed by atoms with E-state index in [4.69, 9.17) is 39.5 Å². The van der Waals surface area contributed by atoms with Crippen LogP contribution in [0.3, 0.4) is 0 Å². The number of nitrogen functional groups attached to an aromatic ring is 1. The van der Waals surface area contributed by atoms with Crippen LogP contribution in [-0.4, -0.2) is 210 Å². The Bertz CT molecular complexity index is 3670. The van der Waals surface area contributed by atoms with Gasteiger partial charge in [0.25, 0.3) is 17.7 Å². The highest BCUT2D eigenvalue weighted by atomic mass is 32.2. The Hall–Kier alpha value is -8.13. The second-order valence-corrected chi connectivity index (χ2v) is 27.5. The van der Waals surface area contributed by atoms with Crippen molar-refractivity contribution in [1.82, 2.24) is 15.5 Å². The Morgan fingerprint density at radius 1 is 0.615 bits per heavy atom. The van der Waals surface area contributed by atoms with E-state index < -0.39 is 119 Å². The van der Waals surface area contributed by atoms with Crippen molar-refractivity contribution in [2.45, 2.75) is 111 Å². The minimum Gasteiger partial charge on any atom is -0.537 e.